The van der Waals surface area contributed by atoms with Gasteiger partial charge in [0.25, 0.3) is 0 Å². The Labute approximate surface area is 262 Å². The van der Waals surface area contributed by atoms with Crippen molar-refractivity contribution >= 4 is 0 Å². The lowest BCUT2D eigenvalue weighted by Crippen LogP contribution is -2.15. The molecule has 0 nitrogen and oxygen atoms in total. The number of unbranched alkanes of at least 4 members (excludes halogenated alkanes) is 16. The molecule has 0 aromatic heterocycles. The van der Waals surface area contributed by atoms with E-state index in [9.17, 15) is 0 Å². The van der Waals surface area contributed by atoms with Crippen LogP contribution in [-0.4, -0.2) is 0 Å². The van der Waals surface area contributed by atoms with E-state index in [2.05, 4.69) is 64.1 Å². The molecule has 0 N–H and O–H groups in total. The second kappa shape index (κ2) is 21.0. The van der Waals surface area contributed by atoms with Gasteiger partial charge in [-0.15, -0.1) is 0 Å². The lowest BCUT2D eigenvalue weighted by Gasteiger charge is -2.28. The van der Waals surface area contributed by atoms with Gasteiger partial charge in [0.2, 0.25) is 0 Å². The Balaban J connectivity index is 1.81. The quantitative estimate of drug-likeness (QED) is 0.137. The van der Waals surface area contributed by atoms with Crippen molar-refractivity contribution in [2.75, 3.05) is 0 Å². The maximum absolute atomic E-state index is 2.64. The largest absolute Gasteiger partial charge is 0.0807 e. The fourth-order valence-corrected chi connectivity index (χ4v) is 6.93. The van der Waals surface area contributed by atoms with Gasteiger partial charge in [-0.05, 0) is 122 Å². The van der Waals surface area contributed by atoms with E-state index in [1.165, 1.54) is 128 Å². The molecular weight excluding hydrogens is 504 g/mol. The molecule has 0 aliphatic heterocycles. The summed E-state index contributed by atoms with van der Waals surface area (Å²) in [6.07, 6.45) is 41.8. The highest BCUT2D eigenvalue weighted by Crippen LogP contribution is 2.37. The molecule has 0 spiro atoms. The lowest BCUT2D eigenvalue weighted by atomic mass is 9.76. The first kappa shape index (κ1) is 34.7. The van der Waals surface area contributed by atoms with Gasteiger partial charge in [-0.25, -0.2) is 0 Å². The summed E-state index contributed by atoms with van der Waals surface area (Å²) in [5, 5.41) is 0. The molecule has 0 radical (unpaired) electrons. The van der Waals surface area contributed by atoms with Gasteiger partial charge in [0.15, 0.2) is 0 Å². The summed E-state index contributed by atoms with van der Waals surface area (Å²) < 4.78 is 0. The number of hydrogen-bond donors (Lipinski definition) is 0. The van der Waals surface area contributed by atoms with Crippen molar-refractivity contribution in [2.24, 2.45) is 0 Å². The standard InChI is InChI=1S/C42H66/c1-5-9-13-17-21-25-35-29-39-33-41-31-37(27-23-19-15-11-7-3)38(28-24-20-16-12-8-4)32-42(41)34-40(39)30-36(35)26-22-18-14-10-6-2/h25-28,33-34H,5-24,29-32H2,1-4H3/b35-25+,36-26+,37-27+,38-28+. The molecule has 0 amide bonds. The fraction of sp³-hybridized carbons (Fsp3) is 0.667. The zero-order valence-corrected chi connectivity index (χ0v) is 28.4. The Morgan fingerprint density at radius 2 is 0.595 bits per heavy atom. The number of fused-ring (bicyclic) bond motifs is 2. The second-order valence-corrected chi connectivity index (χ2v) is 13.4. The van der Waals surface area contributed by atoms with Gasteiger partial charge in [-0.1, -0.05) is 141 Å². The van der Waals surface area contributed by atoms with E-state index < -0.39 is 0 Å². The average molecular weight is 571 g/mol. The van der Waals surface area contributed by atoms with E-state index in [1.807, 2.05) is 0 Å². The molecule has 3 rings (SSSR count). The van der Waals surface area contributed by atoms with E-state index in [4.69, 9.17) is 0 Å². The van der Waals surface area contributed by atoms with Crippen LogP contribution in [0.1, 0.15) is 178 Å². The molecular formula is C42H66. The molecule has 0 saturated carbocycles. The zero-order chi connectivity index (χ0) is 29.8. The minimum absolute atomic E-state index is 1.15. The van der Waals surface area contributed by atoms with Crippen LogP contribution in [0.3, 0.4) is 0 Å². The van der Waals surface area contributed by atoms with Gasteiger partial charge < -0.3 is 0 Å². The molecule has 1 aromatic carbocycles. The van der Waals surface area contributed by atoms with Crippen LogP contribution in [-0.2, 0) is 25.7 Å². The molecule has 0 heteroatoms. The van der Waals surface area contributed by atoms with Gasteiger partial charge >= 0.3 is 0 Å². The number of rotatable bonds is 20. The smallest absolute Gasteiger partial charge is 0.00232 e. The van der Waals surface area contributed by atoms with E-state index in [0.717, 1.165) is 25.7 Å². The molecule has 2 aliphatic rings. The number of allylic oxidation sites excluding steroid dienone is 8. The predicted octanol–water partition coefficient (Wildman–Crippen LogP) is 13.5. The van der Waals surface area contributed by atoms with E-state index in [1.54, 1.807) is 44.5 Å². The predicted molar refractivity (Wildman–Crippen MR) is 189 cm³/mol. The normalized spacial score (nSPS) is 18.8. The van der Waals surface area contributed by atoms with Crippen molar-refractivity contribution in [2.45, 2.75) is 182 Å². The highest BCUT2D eigenvalue weighted by Gasteiger charge is 2.23. The first-order valence-corrected chi connectivity index (χ1v) is 18.6. The van der Waals surface area contributed by atoms with Crippen molar-refractivity contribution in [1.29, 1.82) is 0 Å². The summed E-state index contributed by atoms with van der Waals surface area (Å²) in [7, 11) is 0. The second-order valence-electron chi connectivity index (χ2n) is 13.4. The Morgan fingerprint density at radius 3 is 0.810 bits per heavy atom. The Bertz CT molecular complexity index is 864. The molecule has 0 heterocycles. The SMILES string of the molecule is CCCCCC/C=C1\Cc2cc3c(cc2C\C1=C/CCCCCC)CC(=C\CCCCCC)/C(=C/CCCCCC)C3. The lowest BCUT2D eigenvalue weighted by molar-refractivity contribution is 0.669. The molecule has 0 unspecified atom stereocenters. The van der Waals surface area contributed by atoms with Crippen LogP contribution in [0.15, 0.2) is 58.7 Å². The molecule has 1 aromatic rings. The first-order chi connectivity index (χ1) is 20.7. The maximum Gasteiger partial charge on any atom is -0.00232 e. The van der Waals surface area contributed by atoms with E-state index >= 15 is 0 Å². The maximum atomic E-state index is 2.64. The third-order valence-corrected chi connectivity index (χ3v) is 9.66. The molecule has 2 aliphatic carbocycles. The fourth-order valence-electron chi connectivity index (χ4n) is 6.93. The summed E-state index contributed by atoms with van der Waals surface area (Å²) in [4.78, 5) is 0. The van der Waals surface area contributed by atoms with Crippen LogP contribution in [0.25, 0.3) is 0 Å². The molecule has 42 heavy (non-hydrogen) atoms. The highest BCUT2D eigenvalue weighted by molar-refractivity contribution is 5.55. The van der Waals surface area contributed by atoms with E-state index in [0.29, 0.717) is 0 Å². The average Bonchev–Trinajstić information content (AvgIpc) is 2.99. The summed E-state index contributed by atoms with van der Waals surface area (Å²) in [5.41, 5.74) is 13.0. The minimum Gasteiger partial charge on any atom is -0.0807 e. The van der Waals surface area contributed by atoms with Gasteiger partial charge in [0, 0.05) is 0 Å². The number of benzene rings is 1. The van der Waals surface area contributed by atoms with Crippen LogP contribution in [0.4, 0.5) is 0 Å². The zero-order valence-electron chi connectivity index (χ0n) is 28.4. The van der Waals surface area contributed by atoms with Crippen molar-refractivity contribution in [3.05, 3.63) is 81.0 Å². The van der Waals surface area contributed by atoms with Crippen LogP contribution in [0.5, 0.6) is 0 Å². The van der Waals surface area contributed by atoms with Crippen molar-refractivity contribution < 1.29 is 0 Å². The Morgan fingerprint density at radius 1 is 0.357 bits per heavy atom. The van der Waals surface area contributed by atoms with Crippen molar-refractivity contribution in [3.63, 3.8) is 0 Å². The molecule has 234 valence electrons. The Hall–Kier alpha value is -1.82. The van der Waals surface area contributed by atoms with Crippen LogP contribution >= 0.6 is 0 Å². The van der Waals surface area contributed by atoms with Crippen LogP contribution in [0, 0.1) is 0 Å². The third kappa shape index (κ3) is 12.1. The summed E-state index contributed by atoms with van der Waals surface area (Å²) >= 11 is 0. The summed E-state index contributed by atoms with van der Waals surface area (Å²) in [6, 6.07) is 5.27. The summed E-state index contributed by atoms with van der Waals surface area (Å²) in [6.45, 7) is 9.26. The molecule has 0 bridgehead atoms. The highest BCUT2D eigenvalue weighted by atomic mass is 14.3. The topological polar surface area (TPSA) is 0 Å². The van der Waals surface area contributed by atoms with E-state index in [-0.39, 0.29) is 0 Å². The monoisotopic (exact) mass is 571 g/mol. The van der Waals surface area contributed by atoms with Gasteiger partial charge in [-0.3, -0.25) is 0 Å². The van der Waals surface area contributed by atoms with Gasteiger partial charge in [0.05, 0.1) is 0 Å². The summed E-state index contributed by atoms with van der Waals surface area (Å²) in [5.74, 6) is 0. The molecule has 0 saturated heterocycles. The van der Waals surface area contributed by atoms with Crippen LogP contribution in [0.2, 0.25) is 0 Å². The third-order valence-electron chi connectivity index (χ3n) is 9.66. The van der Waals surface area contributed by atoms with Crippen molar-refractivity contribution in [1.82, 2.24) is 0 Å². The van der Waals surface area contributed by atoms with Gasteiger partial charge in [0.1, 0.15) is 0 Å². The Kier molecular flexibility index (Phi) is 17.3. The van der Waals surface area contributed by atoms with Crippen LogP contribution < -0.4 is 0 Å². The molecule has 0 atom stereocenters. The molecule has 0 fully saturated rings. The minimum atomic E-state index is 1.15. The number of hydrogen-bond acceptors (Lipinski definition) is 0. The first-order valence-electron chi connectivity index (χ1n) is 18.6. The van der Waals surface area contributed by atoms with Crippen molar-refractivity contribution in [3.8, 4) is 0 Å². The van der Waals surface area contributed by atoms with Gasteiger partial charge in [-0.2, -0.15) is 0 Å².